The molecule has 0 amide bonds. The molecule has 4 heteroatoms. The zero-order chi connectivity index (χ0) is 13.6. The number of benzene rings is 2. The molecule has 0 aliphatic carbocycles. The SMILES string of the molecule is C[C@]12CCN[C@H]1c1ccccc1N[C@H]2c1ccccc1.Cl.Cl. The van der Waals surface area contributed by atoms with Crippen LogP contribution in [-0.2, 0) is 0 Å². The van der Waals surface area contributed by atoms with Gasteiger partial charge in [-0.2, -0.15) is 0 Å². The maximum Gasteiger partial charge on any atom is 0.0586 e. The van der Waals surface area contributed by atoms with Crippen LogP contribution in [0.4, 0.5) is 5.69 Å². The van der Waals surface area contributed by atoms with E-state index in [0.717, 1.165) is 6.54 Å². The molecule has 3 atom stereocenters. The molecule has 22 heavy (non-hydrogen) atoms. The Morgan fingerprint density at radius 3 is 2.36 bits per heavy atom. The highest BCUT2D eigenvalue weighted by Gasteiger charge is 2.49. The van der Waals surface area contributed by atoms with Crippen LogP contribution in [0.15, 0.2) is 54.6 Å². The van der Waals surface area contributed by atoms with E-state index in [0.29, 0.717) is 12.1 Å². The van der Waals surface area contributed by atoms with Gasteiger partial charge in [0, 0.05) is 17.1 Å². The van der Waals surface area contributed by atoms with E-state index in [1.54, 1.807) is 0 Å². The third-order valence-corrected chi connectivity index (χ3v) is 5.04. The Morgan fingerprint density at radius 1 is 0.909 bits per heavy atom. The van der Waals surface area contributed by atoms with E-state index < -0.39 is 0 Å². The summed E-state index contributed by atoms with van der Waals surface area (Å²) in [5.74, 6) is 0. The van der Waals surface area contributed by atoms with Crippen LogP contribution in [0.5, 0.6) is 0 Å². The van der Waals surface area contributed by atoms with Crippen molar-refractivity contribution in [1.29, 1.82) is 0 Å². The molecule has 2 N–H and O–H groups in total. The van der Waals surface area contributed by atoms with Gasteiger partial charge in [-0.25, -0.2) is 0 Å². The summed E-state index contributed by atoms with van der Waals surface area (Å²) in [6.07, 6.45) is 1.21. The van der Waals surface area contributed by atoms with E-state index in [4.69, 9.17) is 0 Å². The van der Waals surface area contributed by atoms with Crippen LogP contribution in [0, 0.1) is 5.41 Å². The van der Waals surface area contributed by atoms with E-state index in [1.165, 1.54) is 23.2 Å². The molecule has 0 radical (unpaired) electrons. The Kier molecular flexibility index (Phi) is 5.06. The molecule has 2 nitrogen and oxygen atoms in total. The highest BCUT2D eigenvalue weighted by atomic mass is 35.5. The molecule has 2 heterocycles. The number of halogens is 2. The number of anilines is 1. The van der Waals surface area contributed by atoms with Gasteiger partial charge < -0.3 is 10.6 Å². The lowest BCUT2D eigenvalue weighted by Gasteiger charge is -2.45. The van der Waals surface area contributed by atoms with E-state index >= 15 is 0 Å². The number of nitrogens with one attached hydrogen (secondary N) is 2. The van der Waals surface area contributed by atoms with Crippen molar-refractivity contribution in [3.63, 3.8) is 0 Å². The second-order valence-electron chi connectivity index (χ2n) is 6.22. The van der Waals surface area contributed by atoms with Gasteiger partial charge in [-0.1, -0.05) is 55.5 Å². The van der Waals surface area contributed by atoms with Crippen molar-refractivity contribution < 1.29 is 0 Å². The quantitative estimate of drug-likeness (QED) is 0.786. The summed E-state index contributed by atoms with van der Waals surface area (Å²) in [6.45, 7) is 3.51. The molecule has 0 spiro atoms. The second-order valence-corrected chi connectivity index (χ2v) is 6.22. The van der Waals surface area contributed by atoms with E-state index in [2.05, 4.69) is 72.2 Å². The summed E-state index contributed by atoms with van der Waals surface area (Å²) in [6, 6.07) is 20.4. The minimum Gasteiger partial charge on any atom is -0.377 e. The molecule has 1 fully saturated rings. The maximum absolute atomic E-state index is 3.79. The molecular formula is C18H22Cl2N2. The summed E-state index contributed by atoms with van der Waals surface area (Å²) in [5, 5.41) is 7.50. The Balaban J connectivity index is 0.000000882. The highest BCUT2D eigenvalue weighted by Crippen LogP contribution is 2.55. The van der Waals surface area contributed by atoms with Crippen LogP contribution >= 0.6 is 24.8 Å². The maximum atomic E-state index is 3.79. The van der Waals surface area contributed by atoms with Crippen molar-refractivity contribution in [2.24, 2.45) is 5.41 Å². The normalized spacial score (nSPS) is 28.4. The Labute approximate surface area is 144 Å². The summed E-state index contributed by atoms with van der Waals surface area (Å²) in [7, 11) is 0. The molecule has 0 bridgehead atoms. The zero-order valence-corrected chi connectivity index (χ0v) is 14.2. The average molecular weight is 337 g/mol. The standard InChI is InChI=1S/C18H20N2.2ClH/c1-18-11-12-19-17(18)14-9-5-6-10-15(14)20-16(18)13-7-3-2-4-8-13;;/h2-10,16-17,19-20H,11-12H2,1H3;2*1H/t16-,17-,18+;;/m0../s1. The molecule has 2 aliphatic heterocycles. The lowest BCUT2D eigenvalue weighted by Crippen LogP contribution is -2.40. The number of rotatable bonds is 1. The molecule has 2 aromatic carbocycles. The van der Waals surface area contributed by atoms with Gasteiger partial charge in [0.15, 0.2) is 0 Å². The minimum absolute atomic E-state index is 0. The summed E-state index contributed by atoms with van der Waals surface area (Å²) < 4.78 is 0. The molecule has 0 unspecified atom stereocenters. The van der Waals surface area contributed by atoms with Crippen molar-refractivity contribution in [2.45, 2.75) is 25.4 Å². The number of hydrogen-bond acceptors (Lipinski definition) is 2. The van der Waals surface area contributed by atoms with E-state index in [1.807, 2.05) is 0 Å². The Bertz CT molecular complexity index is 632. The number of hydrogen-bond donors (Lipinski definition) is 2. The summed E-state index contributed by atoms with van der Waals surface area (Å²) in [5.41, 5.74) is 4.31. The lowest BCUT2D eigenvalue weighted by molar-refractivity contribution is 0.227. The largest absolute Gasteiger partial charge is 0.377 e. The first-order valence-electron chi connectivity index (χ1n) is 7.43. The monoisotopic (exact) mass is 336 g/mol. The van der Waals surface area contributed by atoms with Gasteiger partial charge in [-0.05, 0) is 30.2 Å². The van der Waals surface area contributed by atoms with Crippen molar-refractivity contribution in [3.05, 3.63) is 65.7 Å². The average Bonchev–Trinajstić information content (AvgIpc) is 2.90. The van der Waals surface area contributed by atoms with Crippen molar-refractivity contribution >= 4 is 30.5 Å². The predicted octanol–water partition coefficient (Wildman–Crippen LogP) is 4.74. The van der Waals surface area contributed by atoms with Gasteiger partial charge in [0.2, 0.25) is 0 Å². The molecule has 118 valence electrons. The molecule has 0 saturated carbocycles. The first-order chi connectivity index (χ1) is 9.79. The first-order valence-corrected chi connectivity index (χ1v) is 7.43. The highest BCUT2D eigenvalue weighted by molar-refractivity contribution is 5.85. The van der Waals surface area contributed by atoms with E-state index in [-0.39, 0.29) is 30.2 Å². The fraction of sp³-hybridized carbons (Fsp3) is 0.333. The van der Waals surface area contributed by atoms with Gasteiger partial charge in [-0.3, -0.25) is 0 Å². The first kappa shape index (κ1) is 17.1. The summed E-state index contributed by atoms with van der Waals surface area (Å²) in [4.78, 5) is 0. The van der Waals surface area contributed by atoms with Gasteiger partial charge >= 0.3 is 0 Å². The van der Waals surface area contributed by atoms with Crippen LogP contribution in [-0.4, -0.2) is 6.54 Å². The number of fused-ring (bicyclic) bond motifs is 3. The molecule has 0 aromatic heterocycles. The molecule has 4 rings (SSSR count). The fourth-order valence-electron chi connectivity index (χ4n) is 3.95. The van der Waals surface area contributed by atoms with Crippen LogP contribution in [0.2, 0.25) is 0 Å². The summed E-state index contributed by atoms with van der Waals surface area (Å²) >= 11 is 0. The number of para-hydroxylation sites is 1. The van der Waals surface area contributed by atoms with Gasteiger partial charge in [0.05, 0.1) is 6.04 Å². The van der Waals surface area contributed by atoms with E-state index in [9.17, 15) is 0 Å². The Hall–Kier alpha value is -1.22. The van der Waals surface area contributed by atoms with Crippen LogP contribution in [0.3, 0.4) is 0 Å². The third kappa shape index (κ3) is 2.50. The lowest BCUT2D eigenvalue weighted by atomic mass is 9.68. The smallest absolute Gasteiger partial charge is 0.0586 e. The Morgan fingerprint density at radius 2 is 1.59 bits per heavy atom. The van der Waals surface area contributed by atoms with Crippen molar-refractivity contribution in [2.75, 3.05) is 11.9 Å². The van der Waals surface area contributed by atoms with Gasteiger partial charge in [0.1, 0.15) is 0 Å². The van der Waals surface area contributed by atoms with Crippen molar-refractivity contribution in [1.82, 2.24) is 5.32 Å². The minimum atomic E-state index is 0. The molecule has 2 aromatic rings. The van der Waals surface area contributed by atoms with Gasteiger partial charge in [-0.15, -0.1) is 24.8 Å². The van der Waals surface area contributed by atoms with Crippen molar-refractivity contribution in [3.8, 4) is 0 Å². The van der Waals surface area contributed by atoms with Crippen LogP contribution in [0.25, 0.3) is 0 Å². The van der Waals surface area contributed by atoms with Crippen LogP contribution in [0.1, 0.15) is 36.6 Å². The topological polar surface area (TPSA) is 24.1 Å². The second kappa shape index (κ2) is 6.49. The molecule has 2 aliphatic rings. The fourth-order valence-corrected chi connectivity index (χ4v) is 3.95. The predicted molar refractivity (Wildman–Crippen MR) is 97.2 cm³/mol. The molecule has 1 saturated heterocycles. The zero-order valence-electron chi connectivity index (χ0n) is 12.6. The molecular weight excluding hydrogens is 315 g/mol. The van der Waals surface area contributed by atoms with Crippen LogP contribution < -0.4 is 10.6 Å². The third-order valence-electron chi connectivity index (χ3n) is 5.04. The van der Waals surface area contributed by atoms with Gasteiger partial charge in [0.25, 0.3) is 0 Å².